The molecule has 0 saturated carbocycles. The molecule has 0 bridgehead atoms. The molecule has 0 atom stereocenters. The van der Waals surface area contributed by atoms with E-state index in [9.17, 15) is 17.2 Å². The molecule has 21 heavy (non-hydrogen) atoms. The van der Waals surface area contributed by atoms with E-state index in [0.29, 0.717) is 0 Å². The van der Waals surface area contributed by atoms with Crippen LogP contribution in [0.2, 0.25) is 0 Å². The van der Waals surface area contributed by atoms with E-state index in [0.717, 1.165) is 17.7 Å². The fraction of sp³-hybridized carbons (Fsp3) is 0.0769. The van der Waals surface area contributed by atoms with E-state index >= 15 is 0 Å². The van der Waals surface area contributed by atoms with Gasteiger partial charge in [0.15, 0.2) is 11.6 Å². The van der Waals surface area contributed by atoms with Gasteiger partial charge in [0.1, 0.15) is 10.6 Å². The van der Waals surface area contributed by atoms with Gasteiger partial charge >= 0.3 is 0 Å². The third kappa shape index (κ3) is 3.33. The SMILES string of the molecule is Cc1ccc(S(=O)(=O)Nc2c(F)cc(Br)cc2F)c(N)c1. The maximum atomic E-state index is 13.7. The third-order valence-corrected chi connectivity index (χ3v) is 4.58. The van der Waals surface area contributed by atoms with Gasteiger partial charge in [-0.25, -0.2) is 17.2 Å². The summed E-state index contributed by atoms with van der Waals surface area (Å²) < 4.78 is 53.8. The highest BCUT2D eigenvalue weighted by molar-refractivity contribution is 9.10. The number of benzene rings is 2. The van der Waals surface area contributed by atoms with E-state index < -0.39 is 27.3 Å². The van der Waals surface area contributed by atoms with E-state index in [1.807, 2.05) is 4.72 Å². The molecule has 8 heteroatoms. The fourth-order valence-electron chi connectivity index (χ4n) is 1.74. The van der Waals surface area contributed by atoms with Gasteiger partial charge in [-0.3, -0.25) is 4.72 Å². The monoisotopic (exact) mass is 376 g/mol. The molecule has 0 unspecified atom stereocenters. The Kier molecular flexibility index (Phi) is 4.20. The lowest BCUT2D eigenvalue weighted by atomic mass is 10.2. The molecule has 0 fully saturated rings. The summed E-state index contributed by atoms with van der Waals surface area (Å²) in [6.45, 7) is 1.74. The average molecular weight is 377 g/mol. The molecule has 112 valence electrons. The molecular weight excluding hydrogens is 366 g/mol. The quantitative estimate of drug-likeness (QED) is 0.806. The smallest absolute Gasteiger partial charge is 0.264 e. The Morgan fingerprint density at radius 2 is 1.71 bits per heavy atom. The average Bonchev–Trinajstić information content (AvgIpc) is 2.33. The molecule has 0 aliphatic heterocycles. The van der Waals surface area contributed by atoms with Crippen molar-refractivity contribution in [1.82, 2.24) is 0 Å². The van der Waals surface area contributed by atoms with Crippen LogP contribution in [-0.4, -0.2) is 8.42 Å². The second-order valence-electron chi connectivity index (χ2n) is 4.39. The molecule has 0 radical (unpaired) electrons. The Morgan fingerprint density at radius 1 is 1.14 bits per heavy atom. The van der Waals surface area contributed by atoms with E-state index in [-0.39, 0.29) is 15.1 Å². The highest BCUT2D eigenvalue weighted by Gasteiger charge is 2.21. The molecule has 0 heterocycles. The largest absolute Gasteiger partial charge is 0.398 e. The normalized spacial score (nSPS) is 11.4. The minimum atomic E-state index is -4.19. The molecule has 2 rings (SSSR count). The van der Waals surface area contributed by atoms with E-state index in [1.54, 1.807) is 13.0 Å². The number of nitrogens with two attached hydrogens (primary N) is 1. The Labute approximate surface area is 129 Å². The van der Waals surface area contributed by atoms with Gasteiger partial charge in [0, 0.05) is 4.47 Å². The summed E-state index contributed by atoms with van der Waals surface area (Å²) in [5.74, 6) is -2.06. The maximum absolute atomic E-state index is 13.7. The Hall–Kier alpha value is -1.67. The summed E-state index contributed by atoms with van der Waals surface area (Å²) >= 11 is 2.91. The van der Waals surface area contributed by atoms with Crippen LogP contribution in [-0.2, 0) is 10.0 Å². The first-order valence-corrected chi connectivity index (χ1v) is 8.02. The van der Waals surface area contributed by atoms with Gasteiger partial charge in [-0.2, -0.15) is 0 Å². The molecule has 4 nitrogen and oxygen atoms in total. The van der Waals surface area contributed by atoms with E-state index in [2.05, 4.69) is 15.9 Å². The van der Waals surface area contributed by atoms with Crippen LogP contribution >= 0.6 is 15.9 Å². The minimum Gasteiger partial charge on any atom is -0.398 e. The van der Waals surface area contributed by atoms with Crippen LogP contribution in [0.3, 0.4) is 0 Å². The van der Waals surface area contributed by atoms with Gasteiger partial charge in [-0.05, 0) is 36.8 Å². The Morgan fingerprint density at radius 3 is 2.24 bits per heavy atom. The highest BCUT2D eigenvalue weighted by atomic mass is 79.9. The summed E-state index contributed by atoms with van der Waals surface area (Å²) in [6.07, 6.45) is 0. The molecule has 0 spiro atoms. The summed E-state index contributed by atoms with van der Waals surface area (Å²) in [6, 6.07) is 6.20. The number of hydrogen-bond acceptors (Lipinski definition) is 3. The van der Waals surface area contributed by atoms with Crippen LogP contribution in [0, 0.1) is 18.6 Å². The van der Waals surface area contributed by atoms with E-state index in [4.69, 9.17) is 5.73 Å². The van der Waals surface area contributed by atoms with Crippen molar-refractivity contribution in [2.45, 2.75) is 11.8 Å². The number of rotatable bonds is 3. The molecule has 0 saturated heterocycles. The van der Waals surface area contributed by atoms with Crippen molar-refractivity contribution in [3.8, 4) is 0 Å². The van der Waals surface area contributed by atoms with Crippen molar-refractivity contribution in [2.24, 2.45) is 0 Å². The van der Waals surface area contributed by atoms with Gasteiger partial charge < -0.3 is 5.73 Å². The number of hydrogen-bond donors (Lipinski definition) is 2. The van der Waals surface area contributed by atoms with Crippen LogP contribution in [0.15, 0.2) is 39.7 Å². The van der Waals surface area contributed by atoms with Crippen LogP contribution in [0.25, 0.3) is 0 Å². The molecule has 0 amide bonds. The number of nitrogen functional groups attached to an aromatic ring is 1. The molecule has 2 aromatic carbocycles. The zero-order valence-corrected chi connectivity index (χ0v) is 13.2. The summed E-state index contributed by atoms with van der Waals surface area (Å²) in [5.41, 5.74) is 5.67. The number of halogens is 3. The standard InChI is InChI=1S/C13H11BrF2N2O2S/c1-7-2-3-12(11(17)4-7)21(19,20)18-13-9(15)5-8(14)6-10(13)16/h2-6,18H,17H2,1H3. The van der Waals surface area contributed by atoms with Crippen molar-refractivity contribution in [3.63, 3.8) is 0 Å². The molecule has 0 aliphatic carbocycles. The number of sulfonamides is 1. The van der Waals surface area contributed by atoms with Crippen molar-refractivity contribution < 1.29 is 17.2 Å². The first-order chi connectivity index (χ1) is 9.70. The lowest BCUT2D eigenvalue weighted by molar-refractivity contribution is 0.582. The van der Waals surface area contributed by atoms with Crippen molar-refractivity contribution in [1.29, 1.82) is 0 Å². The molecular formula is C13H11BrF2N2O2S. The van der Waals surface area contributed by atoms with Gasteiger partial charge in [0.25, 0.3) is 10.0 Å². The maximum Gasteiger partial charge on any atom is 0.264 e. The lowest BCUT2D eigenvalue weighted by Gasteiger charge is -2.12. The minimum absolute atomic E-state index is 0.000396. The Bertz CT molecular complexity index is 787. The van der Waals surface area contributed by atoms with Gasteiger partial charge in [-0.15, -0.1) is 0 Å². The summed E-state index contributed by atoms with van der Waals surface area (Å²) in [5, 5.41) is 0. The molecule has 0 aliphatic rings. The van der Waals surface area contributed by atoms with Crippen LogP contribution in [0.1, 0.15) is 5.56 Å². The predicted molar refractivity (Wildman–Crippen MR) is 80.5 cm³/mol. The second-order valence-corrected chi connectivity index (χ2v) is 6.96. The van der Waals surface area contributed by atoms with Crippen molar-refractivity contribution >= 4 is 37.3 Å². The third-order valence-electron chi connectivity index (χ3n) is 2.70. The van der Waals surface area contributed by atoms with Gasteiger partial charge in [0.2, 0.25) is 0 Å². The van der Waals surface area contributed by atoms with Crippen molar-refractivity contribution in [2.75, 3.05) is 10.5 Å². The van der Waals surface area contributed by atoms with E-state index in [1.165, 1.54) is 12.1 Å². The number of anilines is 2. The topological polar surface area (TPSA) is 72.2 Å². The van der Waals surface area contributed by atoms with Gasteiger partial charge in [-0.1, -0.05) is 22.0 Å². The zero-order valence-electron chi connectivity index (χ0n) is 10.8. The first kappa shape index (κ1) is 15.7. The predicted octanol–water partition coefficient (Wildman–Crippen LogP) is 3.42. The van der Waals surface area contributed by atoms with Crippen LogP contribution < -0.4 is 10.5 Å². The summed E-state index contributed by atoms with van der Waals surface area (Å²) in [7, 11) is -4.19. The fourth-order valence-corrected chi connectivity index (χ4v) is 3.33. The van der Waals surface area contributed by atoms with Crippen LogP contribution in [0.5, 0.6) is 0 Å². The first-order valence-electron chi connectivity index (χ1n) is 5.74. The zero-order chi connectivity index (χ0) is 15.8. The number of aryl methyl sites for hydroxylation is 1. The second kappa shape index (κ2) is 5.61. The Balaban J connectivity index is 2.47. The molecule has 0 aromatic heterocycles. The van der Waals surface area contributed by atoms with Gasteiger partial charge in [0.05, 0.1) is 5.69 Å². The number of nitrogens with one attached hydrogen (secondary N) is 1. The van der Waals surface area contributed by atoms with Crippen molar-refractivity contribution in [3.05, 3.63) is 52.0 Å². The molecule has 3 N–H and O–H groups in total. The summed E-state index contributed by atoms with van der Waals surface area (Å²) in [4.78, 5) is -0.241. The lowest BCUT2D eigenvalue weighted by Crippen LogP contribution is -2.16. The highest BCUT2D eigenvalue weighted by Crippen LogP contribution is 2.28. The van der Waals surface area contributed by atoms with Crippen LogP contribution in [0.4, 0.5) is 20.2 Å². The molecule has 2 aromatic rings.